The van der Waals surface area contributed by atoms with Gasteiger partial charge in [0.15, 0.2) is 0 Å². The summed E-state index contributed by atoms with van der Waals surface area (Å²) in [7, 11) is 0. The van der Waals surface area contributed by atoms with Crippen LogP contribution in [-0.2, 0) is 9.59 Å². The largest absolute Gasteiger partial charge is 0.324 e. The van der Waals surface area contributed by atoms with Crippen molar-refractivity contribution in [3.8, 4) is 0 Å². The summed E-state index contributed by atoms with van der Waals surface area (Å²) in [4.78, 5) is 31.5. The van der Waals surface area contributed by atoms with Crippen LogP contribution in [-0.4, -0.2) is 41.3 Å². The van der Waals surface area contributed by atoms with Crippen molar-refractivity contribution >= 4 is 39.2 Å². The number of aryl methyl sites for hydroxylation is 1. The van der Waals surface area contributed by atoms with Crippen molar-refractivity contribution in [3.63, 3.8) is 0 Å². The minimum absolute atomic E-state index is 0.00425. The smallest absolute Gasteiger partial charge is 0.238 e. The molecule has 0 aliphatic carbocycles. The van der Waals surface area contributed by atoms with Crippen LogP contribution in [0.4, 0.5) is 11.5 Å². The number of pyridine rings is 1. The Labute approximate surface area is 186 Å². The van der Waals surface area contributed by atoms with Gasteiger partial charge in [0.1, 0.15) is 5.82 Å². The number of halogens is 1. The summed E-state index contributed by atoms with van der Waals surface area (Å²) in [5.41, 5.74) is 3.15. The quantitative estimate of drug-likeness (QED) is 0.645. The van der Waals surface area contributed by atoms with Crippen molar-refractivity contribution in [3.05, 3.63) is 52.1 Å². The van der Waals surface area contributed by atoms with E-state index < -0.39 is 0 Å². The van der Waals surface area contributed by atoms with Crippen molar-refractivity contribution in [2.45, 2.75) is 39.5 Å². The minimum Gasteiger partial charge on any atom is -0.324 e. The molecule has 6 nitrogen and oxygen atoms in total. The molecule has 160 valence electrons. The summed E-state index contributed by atoms with van der Waals surface area (Å²) >= 11 is 3.34. The molecule has 0 radical (unpaired) electrons. The topological polar surface area (TPSA) is 74.3 Å². The Morgan fingerprint density at radius 3 is 2.53 bits per heavy atom. The third-order valence-corrected chi connectivity index (χ3v) is 5.96. The molecular weight excluding hydrogens is 444 g/mol. The summed E-state index contributed by atoms with van der Waals surface area (Å²) in [6.45, 7) is 8.07. The fourth-order valence-corrected chi connectivity index (χ4v) is 3.99. The number of piperidine rings is 1. The zero-order valence-electron chi connectivity index (χ0n) is 17.7. The predicted octanol–water partition coefficient (Wildman–Crippen LogP) is 4.57. The second-order valence-electron chi connectivity index (χ2n) is 8.14. The molecule has 1 aromatic heterocycles. The van der Waals surface area contributed by atoms with Crippen LogP contribution in [0.1, 0.15) is 43.7 Å². The molecule has 2 aromatic rings. The molecule has 1 fully saturated rings. The number of amides is 2. The standard InChI is InChI=1S/C23H29BrN4O2/c1-15(2)19-6-4-5-16(3)22(19)27-21(29)14-28-11-9-17(10-12-28)23(30)26-20-8-7-18(24)13-25-20/h4-8,13,15,17H,9-12,14H2,1-3H3,(H,27,29)(H,25,26,30). The molecule has 1 aliphatic rings. The Morgan fingerprint density at radius 1 is 1.17 bits per heavy atom. The van der Waals surface area contributed by atoms with Crippen LogP contribution in [0, 0.1) is 12.8 Å². The fourth-order valence-electron chi connectivity index (χ4n) is 3.76. The molecular formula is C23H29BrN4O2. The van der Waals surface area contributed by atoms with Crippen LogP contribution in [0.15, 0.2) is 41.0 Å². The molecule has 1 aromatic carbocycles. The first-order valence-electron chi connectivity index (χ1n) is 10.4. The molecule has 2 N–H and O–H groups in total. The highest BCUT2D eigenvalue weighted by Crippen LogP contribution is 2.27. The van der Waals surface area contributed by atoms with Crippen LogP contribution in [0.3, 0.4) is 0 Å². The van der Waals surface area contributed by atoms with E-state index >= 15 is 0 Å². The fraction of sp³-hybridized carbons (Fsp3) is 0.435. The third kappa shape index (κ3) is 5.89. The number of benzene rings is 1. The van der Waals surface area contributed by atoms with Gasteiger partial charge >= 0.3 is 0 Å². The Kier molecular flexibility index (Phi) is 7.61. The number of hydrogen-bond acceptors (Lipinski definition) is 4. The van der Waals surface area contributed by atoms with Gasteiger partial charge in [-0.1, -0.05) is 32.0 Å². The van der Waals surface area contributed by atoms with Crippen LogP contribution in [0.25, 0.3) is 0 Å². The first-order chi connectivity index (χ1) is 14.3. The first-order valence-corrected chi connectivity index (χ1v) is 11.2. The van der Waals surface area contributed by atoms with E-state index in [1.54, 1.807) is 12.3 Å². The summed E-state index contributed by atoms with van der Waals surface area (Å²) in [5, 5.41) is 5.99. The second-order valence-corrected chi connectivity index (χ2v) is 9.06. The Bertz CT molecular complexity index is 891. The van der Waals surface area contributed by atoms with E-state index in [4.69, 9.17) is 0 Å². The van der Waals surface area contributed by atoms with E-state index in [1.165, 1.54) is 0 Å². The lowest BCUT2D eigenvalue weighted by Crippen LogP contribution is -2.42. The highest BCUT2D eigenvalue weighted by Gasteiger charge is 2.26. The highest BCUT2D eigenvalue weighted by atomic mass is 79.9. The van der Waals surface area contributed by atoms with Crippen LogP contribution in [0.5, 0.6) is 0 Å². The van der Waals surface area contributed by atoms with Crippen molar-refractivity contribution < 1.29 is 9.59 Å². The molecule has 1 aliphatic heterocycles. The molecule has 0 bridgehead atoms. The summed E-state index contributed by atoms with van der Waals surface area (Å²) in [6, 6.07) is 9.74. The number of para-hydroxylation sites is 1. The Balaban J connectivity index is 1.49. The lowest BCUT2D eigenvalue weighted by atomic mass is 9.96. The first kappa shape index (κ1) is 22.4. The molecule has 30 heavy (non-hydrogen) atoms. The van der Waals surface area contributed by atoms with E-state index in [-0.39, 0.29) is 17.7 Å². The van der Waals surface area contributed by atoms with Crippen LogP contribution < -0.4 is 10.6 Å². The van der Waals surface area contributed by atoms with E-state index in [0.717, 1.165) is 47.2 Å². The van der Waals surface area contributed by atoms with Gasteiger partial charge in [-0.15, -0.1) is 0 Å². The summed E-state index contributed by atoms with van der Waals surface area (Å²) in [5.74, 6) is 0.834. The number of carbonyl (C=O) groups is 2. The number of likely N-dealkylation sites (tertiary alicyclic amines) is 1. The zero-order valence-corrected chi connectivity index (χ0v) is 19.3. The zero-order chi connectivity index (χ0) is 21.7. The lowest BCUT2D eigenvalue weighted by molar-refractivity contribution is -0.121. The van der Waals surface area contributed by atoms with Crippen LogP contribution in [0.2, 0.25) is 0 Å². The minimum atomic E-state index is -0.0568. The number of carbonyl (C=O) groups excluding carboxylic acids is 2. The maximum Gasteiger partial charge on any atom is 0.238 e. The average molecular weight is 473 g/mol. The van der Waals surface area contributed by atoms with Gasteiger partial charge in [0.25, 0.3) is 0 Å². The number of rotatable bonds is 6. The number of hydrogen-bond donors (Lipinski definition) is 2. The molecule has 1 saturated heterocycles. The maximum absolute atomic E-state index is 12.6. The molecule has 2 amide bonds. The van der Waals surface area contributed by atoms with Gasteiger partial charge in [-0.2, -0.15) is 0 Å². The van der Waals surface area contributed by atoms with E-state index in [2.05, 4.69) is 56.4 Å². The van der Waals surface area contributed by atoms with Crippen molar-refractivity contribution in [2.75, 3.05) is 30.3 Å². The average Bonchev–Trinajstić information content (AvgIpc) is 2.71. The van der Waals surface area contributed by atoms with Gasteiger partial charge in [0.05, 0.1) is 6.54 Å². The van der Waals surface area contributed by atoms with Crippen molar-refractivity contribution in [1.82, 2.24) is 9.88 Å². The van der Waals surface area contributed by atoms with E-state index in [0.29, 0.717) is 18.3 Å². The Hall–Kier alpha value is -2.25. The molecule has 0 atom stereocenters. The molecule has 7 heteroatoms. The molecule has 0 saturated carbocycles. The predicted molar refractivity (Wildman–Crippen MR) is 124 cm³/mol. The van der Waals surface area contributed by atoms with E-state index in [1.807, 2.05) is 25.1 Å². The summed E-state index contributed by atoms with van der Waals surface area (Å²) in [6.07, 6.45) is 3.13. The molecule has 2 heterocycles. The summed E-state index contributed by atoms with van der Waals surface area (Å²) < 4.78 is 0.873. The van der Waals surface area contributed by atoms with Gasteiger partial charge in [-0.25, -0.2) is 4.98 Å². The van der Waals surface area contributed by atoms with Gasteiger partial charge in [-0.05, 0) is 78.0 Å². The number of aromatic nitrogens is 1. The van der Waals surface area contributed by atoms with Crippen LogP contribution >= 0.6 is 15.9 Å². The van der Waals surface area contributed by atoms with E-state index in [9.17, 15) is 9.59 Å². The molecule has 0 spiro atoms. The number of nitrogens with zero attached hydrogens (tertiary/aromatic N) is 2. The van der Waals surface area contributed by atoms with Gasteiger partial charge in [0, 0.05) is 22.3 Å². The maximum atomic E-state index is 12.6. The van der Waals surface area contributed by atoms with Gasteiger partial charge < -0.3 is 10.6 Å². The normalized spacial score (nSPS) is 15.2. The van der Waals surface area contributed by atoms with Gasteiger partial charge in [-0.3, -0.25) is 14.5 Å². The monoisotopic (exact) mass is 472 g/mol. The third-order valence-electron chi connectivity index (χ3n) is 5.50. The van der Waals surface area contributed by atoms with Crippen molar-refractivity contribution in [2.24, 2.45) is 5.92 Å². The van der Waals surface area contributed by atoms with Crippen molar-refractivity contribution in [1.29, 1.82) is 0 Å². The Morgan fingerprint density at radius 2 is 1.90 bits per heavy atom. The molecule has 0 unspecified atom stereocenters. The van der Waals surface area contributed by atoms with Gasteiger partial charge in [0.2, 0.25) is 11.8 Å². The number of nitrogens with one attached hydrogen (secondary N) is 2. The number of anilines is 2. The highest BCUT2D eigenvalue weighted by molar-refractivity contribution is 9.10. The molecule has 3 rings (SSSR count). The lowest BCUT2D eigenvalue weighted by Gasteiger charge is -2.30. The second kappa shape index (κ2) is 10.2. The SMILES string of the molecule is Cc1cccc(C(C)C)c1NC(=O)CN1CCC(C(=O)Nc2ccc(Br)cn2)CC1.